The lowest BCUT2D eigenvalue weighted by Gasteiger charge is -2.21. The van der Waals surface area contributed by atoms with Crippen LogP contribution in [0.1, 0.15) is 12.5 Å². The summed E-state index contributed by atoms with van der Waals surface area (Å²) >= 11 is 0. The number of hydrogen-bond donors (Lipinski definition) is 1. The second kappa shape index (κ2) is 6.53. The van der Waals surface area contributed by atoms with Gasteiger partial charge in [0.25, 0.3) is 0 Å². The summed E-state index contributed by atoms with van der Waals surface area (Å²) in [5, 5.41) is 7.97. The SMILES string of the molecule is CCN(Cc1ccccc1)c1ccc(NS(C)(=O)=O)nn1. The number of aromatic nitrogens is 2. The fourth-order valence-electron chi connectivity index (χ4n) is 1.90. The number of benzene rings is 1. The van der Waals surface area contributed by atoms with Crippen LogP contribution in [0.25, 0.3) is 0 Å². The van der Waals surface area contributed by atoms with Gasteiger partial charge in [-0.05, 0) is 24.6 Å². The van der Waals surface area contributed by atoms with E-state index in [1.807, 2.05) is 25.1 Å². The van der Waals surface area contributed by atoms with Gasteiger partial charge in [0.2, 0.25) is 10.0 Å². The molecular formula is C14H18N4O2S. The number of rotatable bonds is 6. The minimum Gasteiger partial charge on any atom is -0.351 e. The van der Waals surface area contributed by atoms with E-state index in [2.05, 4.69) is 32.0 Å². The Balaban J connectivity index is 2.12. The van der Waals surface area contributed by atoms with Crippen molar-refractivity contribution in [3.05, 3.63) is 48.0 Å². The first-order chi connectivity index (χ1) is 9.98. The van der Waals surface area contributed by atoms with Crippen molar-refractivity contribution in [2.45, 2.75) is 13.5 Å². The standard InChI is InChI=1S/C14H18N4O2S/c1-3-18(11-12-7-5-4-6-8-12)14-10-9-13(15-16-14)17-21(2,19)20/h4-10H,3,11H2,1-2H3,(H,15,17). The monoisotopic (exact) mass is 306 g/mol. The molecule has 0 radical (unpaired) electrons. The quantitative estimate of drug-likeness (QED) is 0.882. The van der Waals surface area contributed by atoms with Gasteiger partial charge in [-0.1, -0.05) is 30.3 Å². The predicted molar refractivity (Wildman–Crippen MR) is 83.7 cm³/mol. The zero-order chi connectivity index (χ0) is 15.3. The Kier molecular flexibility index (Phi) is 4.74. The van der Waals surface area contributed by atoms with Crippen molar-refractivity contribution in [2.24, 2.45) is 0 Å². The van der Waals surface area contributed by atoms with Crippen LogP contribution in [-0.4, -0.2) is 31.4 Å². The van der Waals surface area contributed by atoms with Gasteiger partial charge in [-0.3, -0.25) is 4.72 Å². The van der Waals surface area contributed by atoms with Crippen LogP contribution in [0.15, 0.2) is 42.5 Å². The normalized spacial score (nSPS) is 11.1. The van der Waals surface area contributed by atoms with Gasteiger partial charge in [0.05, 0.1) is 6.26 Å². The Labute approximate surface area is 124 Å². The van der Waals surface area contributed by atoms with Gasteiger partial charge in [0.1, 0.15) is 0 Å². The molecule has 1 N–H and O–H groups in total. The molecule has 0 aliphatic rings. The minimum atomic E-state index is -3.33. The van der Waals surface area contributed by atoms with E-state index in [0.29, 0.717) is 5.82 Å². The average molecular weight is 306 g/mol. The summed E-state index contributed by atoms with van der Waals surface area (Å²) in [6.45, 7) is 3.54. The highest BCUT2D eigenvalue weighted by Crippen LogP contribution is 2.15. The topological polar surface area (TPSA) is 75.2 Å². The third-order valence-electron chi connectivity index (χ3n) is 2.86. The summed E-state index contributed by atoms with van der Waals surface area (Å²) in [6, 6.07) is 13.4. The van der Waals surface area contributed by atoms with Gasteiger partial charge < -0.3 is 4.90 Å². The molecule has 1 aromatic heterocycles. The van der Waals surface area contributed by atoms with Crippen molar-refractivity contribution in [1.29, 1.82) is 0 Å². The average Bonchev–Trinajstić information content (AvgIpc) is 2.45. The van der Waals surface area contributed by atoms with Gasteiger partial charge >= 0.3 is 0 Å². The van der Waals surface area contributed by atoms with Crippen molar-refractivity contribution in [3.63, 3.8) is 0 Å². The van der Waals surface area contributed by atoms with Crippen LogP contribution >= 0.6 is 0 Å². The number of nitrogens with one attached hydrogen (secondary N) is 1. The van der Waals surface area contributed by atoms with Crippen molar-refractivity contribution < 1.29 is 8.42 Å². The molecule has 21 heavy (non-hydrogen) atoms. The smallest absolute Gasteiger partial charge is 0.231 e. The maximum Gasteiger partial charge on any atom is 0.231 e. The first-order valence-electron chi connectivity index (χ1n) is 6.58. The summed E-state index contributed by atoms with van der Waals surface area (Å²) < 4.78 is 24.6. The molecular weight excluding hydrogens is 288 g/mol. The third kappa shape index (κ3) is 4.71. The molecule has 6 nitrogen and oxygen atoms in total. The van der Waals surface area contributed by atoms with Gasteiger partial charge in [-0.15, -0.1) is 10.2 Å². The molecule has 0 fully saturated rings. The molecule has 0 spiro atoms. The Morgan fingerprint density at radius 1 is 1.10 bits per heavy atom. The first-order valence-corrected chi connectivity index (χ1v) is 8.47. The van der Waals surface area contributed by atoms with Crippen LogP contribution in [0.4, 0.5) is 11.6 Å². The lowest BCUT2D eigenvalue weighted by molar-refractivity contribution is 0.606. The second-order valence-corrected chi connectivity index (χ2v) is 6.40. The third-order valence-corrected chi connectivity index (χ3v) is 3.44. The van der Waals surface area contributed by atoms with Crippen LogP contribution in [0.3, 0.4) is 0 Å². The van der Waals surface area contributed by atoms with E-state index in [-0.39, 0.29) is 5.82 Å². The molecule has 2 rings (SSSR count). The van der Waals surface area contributed by atoms with E-state index >= 15 is 0 Å². The van der Waals surface area contributed by atoms with E-state index in [1.165, 1.54) is 5.56 Å². The lowest BCUT2D eigenvalue weighted by Crippen LogP contribution is -2.23. The van der Waals surface area contributed by atoms with E-state index in [0.717, 1.165) is 19.3 Å². The summed E-state index contributed by atoms with van der Waals surface area (Å²) in [5.41, 5.74) is 1.18. The molecule has 0 saturated carbocycles. The van der Waals surface area contributed by atoms with Crippen molar-refractivity contribution >= 4 is 21.7 Å². The summed E-state index contributed by atoms with van der Waals surface area (Å²) in [5.74, 6) is 0.928. The van der Waals surface area contributed by atoms with Crippen LogP contribution in [-0.2, 0) is 16.6 Å². The molecule has 1 heterocycles. The number of nitrogens with zero attached hydrogens (tertiary/aromatic N) is 3. The van der Waals surface area contributed by atoms with Crippen LogP contribution in [0, 0.1) is 0 Å². The fourth-order valence-corrected chi connectivity index (χ4v) is 2.39. The van der Waals surface area contributed by atoms with Crippen molar-refractivity contribution in [2.75, 3.05) is 22.4 Å². The second-order valence-electron chi connectivity index (χ2n) is 4.65. The van der Waals surface area contributed by atoms with E-state index in [9.17, 15) is 8.42 Å². The Morgan fingerprint density at radius 3 is 2.33 bits per heavy atom. The maximum atomic E-state index is 11.1. The van der Waals surface area contributed by atoms with E-state index in [4.69, 9.17) is 0 Å². The zero-order valence-electron chi connectivity index (χ0n) is 12.0. The Bertz CT molecular complexity index is 672. The zero-order valence-corrected chi connectivity index (χ0v) is 12.8. The lowest BCUT2D eigenvalue weighted by atomic mass is 10.2. The van der Waals surface area contributed by atoms with Crippen LogP contribution in [0.2, 0.25) is 0 Å². The van der Waals surface area contributed by atoms with Crippen molar-refractivity contribution in [3.8, 4) is 0 Å². The summed E-state index contributed by atoms with van der Waals surface area (Å²) in [4.78, 5) is 2.06. The molecule has 112 valence electrons. The Hall–Kier alpha value is -2.15. The molecule has 0 saturated heterocycles. The van der Waals surface area contributed by atoms with E-state index in [1.54, 1.807) is 12.1 Å². The maximum absolute atomic E-state index is 11.1. The molecule has 0 aliphatic heterocycles. The summed E-state index contributed by atoms with van der Waals surface area (Å²) in [7, 11) is -3.33. The Morgan fingerprint density at radius 2 is 1.81 bits per heavy atom. The van der Waals surface area contributed by atoms with Crippen molar-refractivity contribution in [1.82, 2.24) is 10.2 Å². The highest BCUT2D eigenvalue weighted by atomic mass is 32.2. The van der Waals surface area contributed by atoms with Gasteiger partial charge in [0.15, 0.2) is 11.6 Å². The molecule has 7 heteroatoms. The molecule has 0 amide bonds. The highest BCUT2D eigenvalue weighted by molar-refractivity contribution is 7.92. The van der Waals surface area contributed by atoms with E-state index < -0.39 is 10.0 Å². The van der Waals surface area contributed by atoms with Crippen LogP contribution in [0.5, 0.6) is 0 Å². The van der Waals surface area contributed by atoms with Gasteiger partial charge in [-0.2, -0.15) is 0 Å². The number of anilines is 2. The number of sulfonamides is 1. The molecule has 0 bridgehead atoms. The molecule has 0 atom stereocenters. The molecule has 2 aromatic rings. The minimum absolute atomic E-state index is 0.219. The molecule has 1 aromatic carbocycles. The molecule has 0 unspecified atom stereocenters. The predicted octanol–water partition coefficient (Wildman–Crippen LogP) is 1.87. The van der Waals surface area contributed by atoms with Gasteiger partial charge in [0, 0.05) is 13.1 Å². The fraction of sp³-hybridized carbons (Fsp3) is 0.286. The molecule has 0 aliphatic carbocycles. The van der Waals surface area contributed by atoms with Crippen LogP contribution < -0.4 is 9.62 Å². The first kappa shape index (κ1) is 15.2. The van der Waals surface area contributed by atoms with Gasteiger partial charge in [-0.25, -0.2) is 8.42 Å². The highest BCUT2D eigenvalue weighted by Gasteiger charge is 2.09. The largest absolute Gasteiger partial charge is 0.351 e. The number of hydrogen-bond acceptors (Lipinski definition) is 5. The summed E-state index contributed by atoms with van der Waals surface area (Å²) in [6.07, 6.45) is 1.08.